The number of hydrogen-bond donors (Lipinski definition) is 1. The van der Waals surface area contributed by atoms with Gasteiger partial charge >= 0.3 is 5.97 Å². The molecule has 1 saturated carbocycles. The summed E-state index contributed by atoms with van der Waals surface area (Å²) < 4.78 is 0. The number of allylic oxidation sites excluding steroid dienone is 1. The van der Waals surface area contributed by atoms with E-state index in [9.17, 15) is 4.79 Å². The van der Waals surface area contributed by atoms with E-state index >= 15 is 0 Å². The summed E-state index contributed by atoms with van der Waals surface area (Å²) in [5.74, 6) is 0.323. The second-order valence-electron chi connectivity index (χ2n) is 5.37. The van der Waals surface area contributed by atoms with E-state index in [1.807, 2.05) is 12.1 Å². The van der Waals surface area contributed by atoms with E-state index in [1.165, 1.54) is 5.56 Å². The zero-order chi connectivity index (χ0) is 14.4. The Kier molecular flexibility index (Phi) is 4.95. The Balaban J connectivity index is 1.86. The molecule has 1 aliphatic carbocycles. The number of rotatable bonds is 4. The van der Waals surface area contributed by atoms with Crippen LogP contribution in [0, 0.1) is 17.2 Å². The third-order valence-corrected chi connectivity index (χ3v) is 3.98. The van der Waals surface area contributed by atoms with Crippen LogP contribution in [0.2, 0.25) is 0 Å². The molecule has 1 aliphatic rings. The Bertz CT molecular complexity index is 517. The van der Waals surface area contributed by atoms with Gasteiger partial charge in [-0.15, -0.1) is 0 Å². The summed E-state index contributed by atoms with van der Waals surface area (Å²) in [4.78, 5) is 10.5. The minimum Gasteiger partial charge on any atom is -0.481 e. The summed E-state index contributed by atoms with van der Waals surface area (Å²) in [5.41, 5.74) is 2.02. The molecule has 3 nitrogen and oxygen atoms in total. The molecule has 0 spiro atoms. The van der Waals surface area contributed by atoms with Crippen molar-refractivity contribution >= 4 is 5.97 Å². The minimum absolute atomic E-state index is 0.121. The van der Waals surface area contributed by atoms with Crippen molar-refractivity contribution in [3.8, 4) is 6.07 Å². The smallest absolute Gasteiger partial charge is 0.307 e. The highest BCUT2D eigenvalue weighted by Gasteiger charge is 2.20. The number of carbonyl (C=O) groups is 1. The van der Waals surface area contributed by atoms with Crippen LogP contribution in [0.5, 0.6) is 0 Å². The highest BCUT2D eigenvalue weighted by Crippen LogP contribution is 2.36. The zero-order valence-electron chi connectivity index (χ0n) is 11.5. The van der Waals surface area contributed by atoms with Gasteiger partial charge in [-0.1, -0.05) is 24.3 Å². The van der Waals surface area contributed by atoms with Crippen LogP contribution in [0.15, 0.2) is 36.4 Å². The molecule has 0 bridgehead atoms. The van der Waals surface area contributed by atoms with Crippen LogP contribution in [0.4, 0.5) is 0 Å². The van der Waals surface area contributed by atoms with E-state index in [1.54, 1.807) is 6.08 Å². The Morgan fingerprint density at radius 2 is 1.90 bits per heavy atom. The summed E-state index contributed by atoms with van der Waals surface area (Å²) in [5, 5.41) is 17.4. The number of aliphatic carboxylic acids is 1. The first kappa shape index (κ1) is 14.3. The molecular weight excluding hydrogens is 250 g/mol. The Morgan fingerprint density at radius 1 is 1.25 bits per heavy atom. The molecule has 0 aromatic heterocycles. The molecule has 0 heterocycles. The molecule has 1 fully saturated rings. The molecule has 20 heavy (non-hydrogen) atoms. The molecular formula is C17H19NO2. The van der Waals surface area contributed by atoms with Crippen molar-refractivity contribution in [3.05, 3.63) is 47.5 Å². The third kappa shape index (κ3) is 3.96. The fraction of sp³-hybridized carbons (Fsp3) is 0.412. The van der Waals surface area contributed by atoms with E-state index in [0.29, 0.717) is 17.4 Å². The lowest BCUT2D eigenvalue weighted by Crippen LogP contribution is -2.11. The molecule has 0 saturated heterocycles. The van der Waals surface area contributed by atoms with Gasteiger partial charge in [0.2, 0.25) is 0 Å². The largest absolute Gasteiger partial charge is 0.481 e. The predicted molar refractivity (Wildman–Crippen MR) is 77.2 cm³/mol. The van der Waals surface area contributed by atoms with Crippen molar-refractivity contribution in [1.82, 2.24) is 0 Å². The maximum absolute atomic E-state index is 10.5. The predicted octanol–water partition coefficient (Wildman–Crippen LogP) is 3.86. The van der Waals surface area contributed by atoms with Crippen LogP contribution >= 0.6 is 0 Å². The topological polar surface area (TPSA) is 61.1 Å². The maximum atomic E-state index is 10.5. The molecule has 2 rings (SSSR count). The van der Waals surface area contributed by atoms with Crippen LogP contribution in [0.3, 0.4) is 0 Å². The van der Waals surface area contributed by atoms with E-state index < -0.39 is 5.97 Å². The quantitative estimate of drug-likeness (QED) is 0.844. The second kappa shape index (κ2) is 6.91. The van der Waals surface area contributed by atoms with E-state index in [4.69, 9.17) is 10.4 Å². The number of hydrogen-bond acceptors (Lipinski definition) is 2. The molecule has 0 aliphatic heterocycles. The van der Waals surface area contributed by atoms with E-state index in [-0.39, 0.29) is 6.42 Å². The van der Waals surface area contributed by atoms with E-state index in [2.05, 4.69) is 24.3 Å². The van der Waals surface area contributed by atoms with Crippen LogP contribution < -0.4 is 0 Å². The van der Waals surface area contributed by atoms with Gasteiger partial charge in [-0.25, -0.2) is 0 Å². The molecule has 0 unspecified atom stereocenters. The van der Waals surface area contributed by atoms with Gasteiger partial charge in [-0.2, -0.15) is 5.26 Å². The highest BCUT2D eigenvalue weighted by molar-refractivity contribution is 5.68. The van der Waals surface area contributed by atoms with Crippen molar-refractivity contribution < 1.29 is 9.90 Å². The van der Waals surface area contributed by atoms with Gasteiger partial charge in [-0.3, -0.25) is 4.79 Å². The molecule has 0 atom stereocenters. The first-order chi connectivity index (χ1) is 9.69. The average Bonchev–Trinajstić information content (AvgIpc) is 2.48. The lowest BCUT2D eigenvalue weighted by atomic mass is 9.78. The van der Waals surface area contributed by atoms with Crippen LogP contribution in [0.1, 0.15) is 49.1 Å². The molecule has 104 valence electrons. The van der Waals surface area contributed by atoms with Crippen LogP contribution in [-0.4, -0.2) is 11.1 Å². The van der Waals surface area contributed by atoms with Crippen molar-refractivity contribution in [1.29, 1.82) is 5.26 Å². The standard InChI is InChI=1S/C17H19NO2/c18-12-14-6-10-16(11-7-14)15-8-4-13(5-9-15)2-1-3-17(19)20/h1-2,6-7,10-11,13,15H,3-5,8-9H2,(H,19,20)/t13-,15-. The third-order valence-electron chi connectivity index (χ3n) is 3.98. The summed E-state index contributed by atoms with van der Waals surface area (Å²) in [6.07, 6.45) is 8.44. The summed E-state index contributed by atoms with van der Waals surface area (Å²) in [6.45, 7) is 0. The molecule has 0 radical (unpaired) electrons. The van der Waals surface area contributed by atoms with E-state index in [0.717, 1.165) is 25.7 Å². The molecule has 1 N–H and O–H groups in total. The monoisotopic (exact) mass is 269 g/mol. The number of carboxylic acid groups (broad SMARTS) is 1. The maximum Gasteiger partial charge on any atom is 0.307 e. The summed E-state index contributed by atoms with van der Waals surface area (Å²) >= 11 is 0. The average molecular weight is 269 g/mol. The van der Waals surface area contributed by atoms with Gasteiger partial charge in [0.1, 0.15) is 0 Å². The second-order valence-corrected chi connectivity index (χ2v) is 5.37. The highest BCUT2D eigenvalue weighted by atomic mass is 16.4. The van der Waals surface area contributed by atoms with Crippen molar-refractivity contribution in [2.75, 3.05) is 0 Å². The van der Waals surface area contributed by atoms with Gasteiger partial charge in [0.15, 0.2) is 0 Å². The number of nitriles is 1. The lowest BCUT2D eigenvalue weighted by molar-refractivity contribution is -0.136. The van der Waals surface area contributed by atoms with Gasteiger partial charge < -0.3 is 5.11 Å². The number of benzene rings is 1. The summed E-state index contributed by atoms with van der Waals surface area (Å²) in [6, 6.07) is 10.0. The SMILES string of the molecule is N#Cc1ccc([C@H]2CC[C@H](C=CCC(=O)O)CC2)cc1. The Hall–Kier alpha value is -2.08. The molecule has 0 amide bonds. The fourth-order valence-corrected chi connectivity index (χ4v) is 2.84. The Morgan fingerprint density at radius 3 is 2.45 bits per heavy atom. The minimum atomic E-state index is -0.771. The van der Waals surface area contributed by atoms with Gasteiger partial charge in [0, 0.05) is 0 Å². The van der Waals surface area contributed by atoms with Crippen LogP contribution in [-0.2, 0) is 4.79 Å². The molecule has 3 heteroatoms. The number of carboxylic acids is 1. The van der Waals surface area contributed by atoms with Gasteiger partial charge in [0.05, 0.1) is 18.1 Å². The van der Waals surface area contributed by atoms with Gasteiger partial charge in [0.25, 0.3) is 0 Å². The molecule has 1 aromatic carbocycles. The fourth-order valence-electron chi connectivity index (χ4n) is 2.84. The number of nitrogens with zero attached hydrogens (tertiary/aromatic N) is 1. The first-order valence-electron chi connectivity index (χ1n) is 7.07. The lowest BCUT2D eigenvalue weighted by Gasteiger charge is -2.27. The van der Waals surface area contributed by atoms with Crippen molar-refractivity contribution in [3.63, 3.8) is 0 Å². The Labute approximate surface area is 119 Å². The normalized spacial score (nSPS) is 22.6. The van der Waals surface area contributed by atoms with Crippen molar-refractivity contribution in [2.24, 2.45) is 5.92 Å². The van der Waals surface area contributed by atoms with Crippen molar-refractivity contribution in [2.45, 2.75) is 38.0 Å². The van der Waals surface area contributed by atoms with Crippen LogP contribution in [0.25, 0.3) is 0 Å². The van der Waals surface area contributed by atoms with Gasteiger partial charge in [-0.05, 0) is 55.2 Å². The molecule has 1 aromatic rings. The summed E-state index contributed by atoms with van der Waals surface area (Å²) in [7, 11) is 0. The zero-order valence-corrected chi connectivity index (χ0v) is 11.5. The first-order valence-corrected chi connectivity index (χ1v) is 7.07.